The van der Waals surface area contributed by atoms with E-state index in [2.05, 4.69) is 0 Å². The fourth-order valence-corrected chi connectivity index (χ4v) is 3.43. The first-order chi connectivity index (χ1) is 14.8. The number of benzene rings is 2. The summed E-state index contributed by atoms with van der Waals surface area (Å²) < 4.78 is 11.3. The summed E-state index contributed by atoms with van der Waals surface area (Å²) in [5, 5.41) is 40.4. The molecule has 0 saturated heterocycles. The number of aliphatic hydroxyl groups excluding tert-OH is 1. The lowest BCUT2D eigenvalue weighted by Gasteiger charge is -2.26. The summed E-state index contributed by atoms with van der Waals surface area (Å²) >= 11 is 0. The zero-order valence-corrected chi connectivity index (χ0v) is 16.3. The third kappa shape index (κ3) is 5.15. The van der Waals surface area contributed by atoms with E-state index in [1.165, 1.54) is 12.1 Å². The third-order valence-corrected chi connectivity index (χ3v) is 4.62. The first-order valence-electron chi connectivity index (χ1n) is 9.28. The number of hydrogen-bond acceptors (Lipinski definition) is 9. The Balaban J connectivity index is 2.11. The number of para-hydroxylation sites is 1. The van der Waals surface area contributed by atoms with Crippen molar-refractivity contribution in [2.45, 2.75) is 6.10 Å². The van der Waals surface area contributed by atoms with Crippen LogP contribution in [0.2, 0.25) is 0 Å². The van der Waals surface area contributed by atoms with E-state index >= 15 is 0 Å². The van der Waals surface area contributed by atoms with E-state index < -0.39 is 36.1 Å². The van der Waals surface area contributed by atoms with E-state index in [0.717, 1.165) is 10.3 Å². The standard InChI is InChI=1S/C20H20N2O9/c23-5-6-30-18(9-21(10-19(24)25)11-20(26)27)14-7-13-12-3-1-2-4-16(12)31-17(13)8-15(14)22(28)29/h1-4,7-8,18,23H,5-6,9-11H2,(H,24,25)(H,26,27). The summed E-state index contributed by atoms with van der Waals surface area (Å²) in [6.07, 6.45) is -1.07. The summed E-state index contributed by atoms with van der Waals surface area (Å²) in [4.78, 5) is 34.5. The van der Waals surface area contributed by atoms with Gasteiger partial charge in [-0.05, 0) is 12.1 Å². The van der Waals surface area contributed by atoms with E-state index in [1.807, 2.05) is 0 Å². The normalized spacial score (nSPS) is 12.5. The molecule has 11 nitrogen and oxygen atoms in total. The Hall–Kier alpha value is -3.54. The number of aliphatic hydroxyl groups is 1. The molecule has 3 aromatic rings. The van der Waals surface area contributed by atoms with E-state index in [-0.39, 0.29) is 31.0 Å². The maximum absolute atomic E-state index is 11.8. The van der Waals surface area contributed by atoms with Crippen LogP contribution < -0.4 is 5.11 Å². The van der Waals surface area contributed by atoms with Crippen molar-refractivity contribution in [2.75, 3.05) is 32.8 Å². The first kappa shape index (κ1) is 22.2. The number of nitro groups is 1. The Bertz CT molecular complexity index is 1110. The second kappa shape index (κ2) is 9.51. The van der Waals surface area contributed by atoms with E-state index in [9.17, 15) is 24.8 Å². The molecule has 1 unspecified atom stereocenters. The third-order valence-electron chi connectivity index (χ3n) is 4.62. The van der Waals surface area contributed by atoms with Gasteiger partial charge in [-0.2, -0.15) is 0 Å². The van der Waals surface area contributed by atoms with Gasteiger partial charge < -0.3 is 29.3 Å². The van der Waals surface area contributed by atoms with Gasteiger partial charge in [0.05, 0.1) is 35.7 Å². The molecule has 0 aliphatic heterocycles. The second-order valence-corrected chi connectivity index (χ2v) is 6.81. The predicted molar refractivity (Wildman–Crippen MR) is 106 cm³/mol. The Labute approximate surface area is 175 Å². The summed E-state index contributed by atoms with van der Waals surface area (Å²) in [6, 6.07) is 9.87. The summed E-state index contributed by atoms with van der Waals surface area (Å²) in [5.74, 6) is -2.51. The summed E-state index contributed by atoms with van der Waals surface area (Å²) in [7, 11) is 0. The number of carboxylic acid groups (broad SMARTS) is 1. The highest BCUT2D eigenvalue weighted by Gasteiger charge is 2.29. The van der Waals surface area contributed by atoms with Crippen LogP contribution in [-0.2, 0) is 14.3 Å². The number of furan rings is 1. The van der Waals surface area contributed by atoms with Gasteiger partial charge in [0, 0.05) is 28.7 Å². The first-order valence-corrected chi connectivity index (χ1v) is 9.28. The van der Waals surface area contributed by atoms with Gasteiger partial charge in [0.1, 0.15) is 17.3 Å². The highest BCUT2D eigenvalue weighted by Crippen LogP contribution is 2.37. The van der Waals surface area contributed by atoms with Crippen LogP contribution >= 0.6 is 0 Å². The minimum atomic E-state index is -1.48. The number of rotatable bonds is 11. The van der Waals surface area contributed by atoms with Crippen LogP contribution in [0.5, 0.6) is 0 Å². The van der Waals surface area contributed by atoms with E-state index in [4.69, 9.17) is 19.4 Å². The molecule has 164 valence electrons. The van der Waals surface area contributed by atoms with Gasteiger partial charge in [0.25, 0.3) is 5.69 Å². The average Bonchev–Trinajstić information content (AvgIpc) is 3.06. The van der Waals surface area contributed by atoms with Crippen molar-refractivity contribution >= 4 is 39.6 Å². The van der Waals surface area contributed by atoms with Crippen LogP contribution in [0.3, 0.4) is 0 Å². The van der Waals surface area contributed by atoms with Gasteiger partial charge in [0.2, 0.25) is 0 Å². The number of carboxylic acids is 1. The van der Waals surface area contributed by atoms with Crippen molar-refractivity contribution in [3.8, 4) is 0 Å². The SMILES string of the molecule is O=C([O-])CN(CC(=O)[OH2+])CC(OCCO)c1cc2c(cc1[N+](=O)[O-])oc1ccccc12. The quantitative estimate of drug-likeness (QED) is 0.246. The Morgan fingerprint density at radius 1 is 1.19 bits per heavy atom. The maximum atomic E-state index is 11.8. The molecule has 0 radical (unpaired) electrons. The number of carbonyl (C=O) groups is 2. The minimum Gasteiger partial charge on any atom is -0.564 e. The molecule has 31 heavy (non-hydrogen) atoms. The number of nitro benzene ring substituents is 1. The lowest BCUT2D eigenvalue weighted by Crippen LogP contribution is -2.42. The molecule has 0 amide bonds. The molecule has 2 aromatic carbocycles. The van der Waals surface area contributed by atoms with Crippen LogP contribution in [0.15, 0.2) is 40.8 Å². The second-order valence-electron chi connectivity index (χ2n) is 6.81. The number of carbonyl (C=O) groups excluding carboxylic acids is 2. The monoisotopic (exact) mass is 432 g/mol. The van der Waals surface area contributed by atoms with Crippen LogP contribution in [-0.4, -0.2) is 64.8 Å². The molecule has 0 fully saturated rings. The maximum Gasteiger partial charge on any atom is 0.530 e. The number of hydrogen-bond donors (Lipinski definition) is 1. The zero-order valence-electron chi connectivity index (χ0n) is 16.3. The molecule has 3 N–H and O–H groups in total. The number of nitrogens with zero attached hydrogens (tertiary/aromatic N) is 2. The van der Waals surface area contributed by atoms with Crippen LogP contribution in [0.4, 0.5) is 5.69 Å². The highest BCUT2D eigenvalue weighted by atomic mass is 16.6. The molecule has 0 saturated carbocycles. The molecular formula is C20H20N2O9. The Morgan fingerprint density at radius 2 is 1.94 bits per heavy atom. The highest BCUT2D eigenvalue weighted by molar-refractivity contribution is 6.05. The predicted octanol–water partition coefficient (Wildman–Crippen LogP) is -0.153. The van der Waals surface area contributed by atoms with Crippen molar-refractivity contribution in [3.63, 3.8) is 0 Å². The molecule has 0 aliphatic carbocycles. The molecule has 3 rings (SSSR count). The van der Waals surface area contributed by atoms with Gasteiger partial charge in [-0.1, -0.05) is 18.2 Å². The van der Waals surface area contributed by atoms with Gasteiger partial charge in [-0.25, -0.2) is 0 Å². The smallest absolute Gasteiger partial charge is 0.530 e. The molecule has 0 spiro atoms. The average molecular weight is 432 g/mol. The van der Waals surface area contributed by atoms with E-state index in [0.29, 0.717) is 16.6 Å². The van der Waals surface area contributed by atoms with Gasteiger partial charge >= 0.3 is 5.97 Å². The van der Waals surface area contributed by atoms with Gasteiger partial charge in [-0.3, -0.25) is 15.0 Å². The van der Waals surface area contributed by atoms with Crippen molar-refractivity contribution in [3.05, 3.63) is 52.1 Å². The lowest BCUT2D eigenvalue weighted by atomic mass is 10.0. The fraction of sp³-hybridized carbons (Fsp3) is 0.300. The largest absolute Gasteiger partial charge is 0.564 e. The molecule has 0 aliphatic rings. The van der Waals surface area contributed by atoms with Crippen molar-refractivity contribution in [2.24, 2.45) is 0 Å². The van der Waals surface area contributed by atoms with Gasteiger partial charge in [0.15, 0.2) is 6.54 Å². The lowest BCUT2D eigenvalue weighted by molar-refractivity contribution is -0.386. The molecule has 1 aromatic heterocycles. The Kier molecular flexibility index (Phi) is 6.80. The number of fused-ring (bicyclic) bond motifs is 3. The Morgan fingerprint density at radius 3 is 2.58 bits per heavy atom. The topological polar surface area (TPSA) is 169 Å². The van der Waals surface area contributed by atoms with Gasteiger partial charge in [-0.15, -0.1) is 0 Å². The molecule has 1 heterocycles. The molecule has 0 bridgehead atoms. The summed E-state index contributed by atoms with van der Waals surface area (Å²) in [6.45, 7) is -2.01. The minimum absolute atomic E-state index is 0.123. The van der Waals surface area contributed by atoms with Crippen LogP contribution in [0, 0.1) is 10.1 Å². The molecular weight excluding hydrogens is 412 g/mol. The van der Waals surface area contributed by atoms with Crippen molar-refractivity contribution < 1.29 is 39.0 Å². The molecule has 11 heteroatoms. The summed E-state index contributed by atoms with van der Waals surface area (Å²) in [5.41, 5.74) is 0.638. The number of ether oxygens (including phenoxy) is 1. The molecule has 1 atom stereocenters. The number of aliphatic carboxylic acids is 1. The zero-order chi connectivity index (χ0) is 22.5. The fourth-order valence-electron chi connectivity index (χ4n) is 3.43. The van der Waals surface area contributed by atoms with Crippen molar-refractivity contribution in [1.29, 1.82) is 0 Å². The van der Waals surface area contributed by atoms with E-state index in [1.54, 1.807) is 24.3 Å². The van der Waals surface area contributed by atoms with Crippen LogP contribution in [0.25, 0.3) is 21.9 Å². The van der Waals surface area contributed by atoms with Crippen molar-refractivity contribution in [1.82, 2.24) is 4.90 Å². The van der Waals surface area contributed by atoms with Crippen LogP contribution in [0.1, 0.15) is 11.7 Å².